The van der Waals surface area contributed by atoms with Crippen molar-refractivity contribution in [3.63, 3.8) is 0 Å². The van der Waals surface area contributed by atoms with Gasteiger partial charge in [0.1, 0.15) is 0 Å². The standard InChI is InChI=1S/C21H31N5O2S/c1-15(2)14-26-20(25-9-11-28-12-10-25)23-24-21(26)29-17(4)19(27)22-13-18-7-5-16(3)6-8-18/h5-8,15,17H,9-14H2,1-4H3,(H,22,27)/t17-/m0/s1. The maximum atomic E-state index is 12.6. The second-order valence-corrected chi connectivity index (χ2v) is 9.16. The number of rotatable bonds is 8. The fourth-order valence-electron chi connectivity index (χ4n) is 3.14. The first-order chi connectivity index (χ1) is 13.9. The minimum Gasteiger partial charge on any atom is -0.378 e. The highest BCUT2D eigenvalue weighted by Crippen LogP contribution is 2.27. The van der Waals surface area contributed by atoms with Gasteiger partial charge in [-0.25, -0.2) is 0 Å². The van der Waals surface area contributed by atoms with E-state index in [9.17, 15) is 4.79 Å². The molecule has 1 aliphatic heterocycles. The van der Waals surface area contributed by atoms with Crippen LogP contribution >= 0.6 is 11.8 Å². The van der Waals surface area contributed by atoms with Gasteiger partial charge in [-0.3, -0.25) is 9.36 Å². The normalized spacial score (nSPS) is 15.6. The summed E-state index contributed by atoms with van der Waals surface area (Å²) in [6.45, 7) is 12.7. The van der Waals surface area contributed by atoms with Crippen molar-refractivity contribution in [3.05, 3.63) is 35.4 Å². The number of aryl methyl sites for hydroxylation is 1. The number of morpholine rings is 1. The van der Waals surface area contributed by atoms with Crippen LogP contribution in [0.1, 0.15) is 31.9 Å². The molecule has 2 aromatic rings. The van der Waals surface area contributed by atoms with E-state index in [0.717, 1.165) is 36.3 Å². The number of nitrogens with one attached hydrogen (secondary N) is 1. The van der Waals surface area contributed by atoms with E-state index in [-0.39, 0.29) is 11.2 Å². The molecule has 8 heteroatoms. The van der Waals surface area contributed by atoms with Crippen LogP contribution in [0.15, 0.2) is 29.4 Å². The average molecular weight is 418 g/mol. The average Bonchev–Trinajstić information content (AvgIpc) is 3.09. The summed E-state index contributed by atoms with van der Waals surface area (Å²) in [7, 11) is 0. The first kappa shape index (κ1) is 21.6. The number of hydrogen-bond donors (Lipinski definition) is 1. The fraction of sp³-hybridized carbons (Fsp3) is 0.571. The van der Waals surface area contributed by atoms with E-state index >= 15 is 0 Å². The molecule has 1 atom stereocenters. The van der Waals surface area contributed by atoms with Gasteiger partial charge >= 0.3 is 0 Å². The Labute approximate surface area is 177 Å². The van der Waals surface area contributed by atoms with E-state index in [2.05, 4.69) is 57.9 Å². The van der Waals surface area contributed by atoms with Crippen LogP contribution in [0.25, 0.3) is 0 Å². The van der Waals surface area contributed by atoms with Crippen molar-refractivity contribution >= 4 is 23.6 Å². The number of ether oxygens (including phenoxy) is 1. The van der Waals surface area contributed by atoms with Gasteiger partial charge < -0.3 is 15.0 Å². The minimum absolute atomic E-state index is 0.00240. The van der Waals surface area contributed by atoms with Crippen molar-refractivity contribution in [1.82, 2.24) is 20.1 Å². The van der Waals surface area contributed by atoms with Crippen LogP contribution in [0.5, 0.6) is 0 Å². The molecule has 0 radical (unpaired) electrons. The second-order valence-electron chi connectivity index (χ2n) is 7.85. The van der Waals surface area contributed by atoms with Gasteiger partial charge in [-0.1, -0.05) is 55.4 Å². The Kier molecular flexibility index (Phi) is 7.55. The van der Waals surface area contributed by atoms with E-state index in [1.54, 1.807) is 0 Å². The number of amides is 1. The molecule has 0 unspecified atom stereocenters. The molecule has 0 saturated carbocycles. The first-order valence-corrected chi connectivity index (χ1v) is 11.1. The van der Waals surface area contributed by atoms with Crippen molar-refractivity contribution in [2.75, 3.05) is 31.2 Å². The van der Waals surface area contributed by atoms with Crippen molar-refractivity contribution in [1.29, 1.82) is 0 Å². The van der Waals surface area contributed by atoms with Gasteiger partial charge in [-0.15, -0.1) is 10.2 Å². The van der Waals surface area contributed by atoms with Crippen molar-refractivity contribution in [3.8, 4) is 0 Å². The molecule has 0 spiro atoms. The molecule has 1 aliphatic rings. The van der Waals surface area contributed by atoms with Crippen LogP contribution in [-0.2, 0) is 22.6 Å². The summed E-state index contributed by atoms with van der Waals surface area (Å²) in [5.41, 5.74) is 2.31. The van der Waals surface area contributed by atoms with Crippen molar-refractivity contribution in [2.24, 2.45) is 5.92 Å². The summed E-state index contributed by atoms with van der Waals surface area (Å²) < 4.78 is 7.60. The first-order valence-electron chi connectivity index (χ1n) is 10.2. The third kappa shape index (κ3) is 5.96. The predicted octanol–water partition coefficient (Wildman–Crippen LogP) is 2.88. The van der Waals surface area contributed by atoms with E-state index in [0.29, 0.717) is 25.7 Å². The monoisotopic (exact) mass is 417 g/mol. The molecule has 2 heterocycles. The molecule has 1 aromatic heterocycles. The summed E-state index contributed by atoms with van der Waals surface area (Å²) in [4.78, 5) is 14.8. The van der Waals surface area contributed by atoms with Crippen molar-refractivity contribution in [2.45, 2.75) is 51.2 Å². The molecule has 3 rings (SSSR count). The largest absolute Gasteiger partial charge is 0.378 e. The molecule has 7 nitrogen and oxygen atoms in total. The van der Waals surface area contributed by atoms with Crippen molar-refractivity contribution < 1.29 is 9.53 Å². The summed E-state index contributed by atoms with van der Waals surface area (Å²) in [6, 6.07) is 8.20. The van der Waals surface area contributed by atoms with E-state index in [1.165, 1.54) is 17.3 Å². The molecular weight excluding hydrogens is 386 g/mol. The smallest absolute Gasteiger partial charge is 0.233 e. The predicted molar refractivity (Wildman–Crippen MR) is 116 cm³/mol. The number of aromatic nitrogens is 3. The van der Waals surface area contributed by atoms with Gasteiger partial charge in [0, 0.05) is 26.2 Å². The second kappa shape index (κ2) is 10.1. The zero-order chi connectivity index (χ0) is 20.8. The zero-order valence-electron chi connectivity index (χ0n) is 17.7. The highest BCUT2D eigenvalue weighted by atomic mass is 32.2. The Morgan fingerprint density at radius 2 is 1.86 bits per heavy atom. The van der Waals surface area contributed by atoms with Crippen LogP contribution in [0.3, 0.4) is 0 Å². The lowest BCUT2D eigenvalue weighted by Crippen LogP contribution is -2.38. The molecule has 1 N–H and O–H groups in total. The number of carbonyl (C=O) groups excluding carboxylic acids is 1. The molecule has 1 saturated heterocycles. The summed E-state index contributed by atoms with van der Waals surface area (Å²) >= 11 is 1.46. The minimum atomic E-state index is -0.256. The van der Waals surface area contributed by atoms with Crippen LogP contribution in [0, 0.1) is 12.8 Å². The van der Waals surface area contributed by atoms with Gasteiger partial charge in [0.25, 0.3) is 0 Å². The van der Waals surface area contributed by atoms with Gasteiger partial charge in [0.05, 0.1) is 18.5 Å². The molecule has 29 heavy (non-hydrogen) atoms. The molecule has 0 bridgehead atoms. The van der Waals surface area contributed by atoms with Gasteiger partial charge in [-0.05, 0) is 25.3 Å². The number of nitrogens with zero attached hydrogens (tertiary/aromatic N) is 4. The van der Waals surface area contributed by atoms with Crippen LogP contribution in [0.4, 0.5) is 5.95 Å². The number of hydrogen-bond acceptors (Lipinski definition) is 6. The third-order valence-electron chi connectivity index (χ3n) is 4.78. The Bertz CT molecular complexity index is 800. The molecular formula is C21H31N5O2S. The highest BCUT2D eigenvalue weighted by Gasteiger charge is 2.24. The number of carbonyl (C=O) groups is 1. The van der Waals surface area contributed by atoms with Crippen LogP contribution in [0.2, 0.25) is 0 Å². The fourth-order valence-corrected chi connectivity index (χ4v) is 4.02. The summed E-state index contributed by atoms with van der Waals surface area (Å²) in [5.74, 6) is 1.33. The van der Waals surface area contributed by atoms with Crippen LogP contribution < -0.4 is 10.2 Å². The van der Waals surface area contributed by atoms with E-state index in [4.69, 9.17) is 4.74 Å². The molecule has 1 aromatic carbocycles. The Morgan fingerprint density at radius 3 is 2.52 bits per heavy atom. The summed E-state index contributed by atoms with van der Waals surface area (Å²) in [5, 5.41) is 12.4. The van der Waals surface area contributed by atoms with E-state index in [1.807, 2.05) is 19.1 Å². The van der Waals surface area contributed by atoms with Gasteiger partial charge in [0.15, 0.2) is 5.16 Å². The highest BCUT2D eigenvalue weighted by molar-refractivity contribution is 8.00. The number of thioether (sulfide) groups is 1. The maximum absolute atomic E-state index is 12.6. The molecule has 1 fully saturated rings. The Morgan fingerprint density at radius 1 is 1.17 bits per heavy atom. The molecule has 0 aliphatic carbocycles. The summed E-state index contributed by atoms with van der Waals surface area (Å²) in [6.07, 6.45) is 0. The number of benzene rings is 1. The third-order valence-corrected chi connectivity index (χ3v) is 5.86. The van der Waals surface area contributed by atoms with Crippen LogP contribution in [-0.4, -0.2) is 52.2 Å². The lowest BCUT2D eigenvalue weighted by Gasteiger charge is -2.28. The quantitative estimate of drug-likeness (QED) is 0.666. The maximum Gasteiger partial charge on any atom is 0.233 e. The Hall–Kier alpha value is -2.06. The topological polar surface area (TPSA) is 72.3 Å². The lowest BCUT2D eigenvalue weighted by atomic mass is 10.1. The van der Waals surface area contributed by atoms with E-state index < -0.39 is 0 Å². The molecule has 158 valence electrons. The van der Waals surface area contributed by atoms with Gasteiger partial charge in [0.2, 0.25) is 11.9 Å². The zero-order valence-corrected chi connectivity index (χ0v) is 18.5. The SMILES string of the molecule is Cc1ccc(CNC(=O)[C@H](C)Sc2nnc(N3CCOCC3)n2CC(C)C)cc1. The Balaban J connectivity index is 1.65. The lowest BCUT2D eigenvalue weighted by molar-refractivity contribution is -0.120. The number of anilines is 1. The van der Waals surface area contributed by atoms with Gasteiger partial charge in [-0.2, -0.15) is 0 Å². The molecule has 1 amide bonds.